The Kier molecular flexibility index (Phi) is 3.93. The highest BCUT2D eigenvalue weighted by atomic mass is 16.2. The number of nitrogens with zero attached hydrogens (tertiary/aromatic N) is 6. The molecule has 0 aliphatic carbocycles. The van der Waals surface area contributed by atoms with Crippen LogP contribution >= 0.6 is 0 Å². The summed E-state index contributed by atoms with van der Waals surface area (Å²) in [5.74, 6) is 0.583. The van der Waals surface area contributed by atoms with E-state index >= 15 is 0 Å². The molecule has 0 spiro atoms. The zero-order valence-corrected chi connectivity index (χ0v) is 15.6. The van der Waals surface area contributed by atoms with Crippen LogP contribution in [0.5, 0.6) is 0 Å². The smallest absolute Gasteiger partial charge is 0.297 e. The van der Waals surface area contributed by atoms with Gasteiger partial charge < -0.3 is 0 Å². The summed E-state index contributed by atoms with van der Waals surface area (Å²) in [5.41, 5.74) is 0.914. The lowest BCUT2D eigenvalue weighted by Gasteiger charge is -2.30. The van der Waals surface area contributed by atoms with Crippen LogP contribution in [0, 0.1) is 5.41 Å². The van der Waals surface area contributed by atoms with Gasteiger partial charge in [-0.25, -0.2) is 9.80 Å². The first kappa shape index (κ1) is 17.2. The highest BCUT2D eigenvalue weighted by Crippen LogP contribution is 2.28. The molecule has 0 bridgehead atoms. The molecule has 0 fully saturated rings. The molecule has 8 heteroatoms. The summed E-state index contributed by atoms with van der Waals surface area (Å²) >= 11 is 0. The lowest BCUT2D eigenvalue weighted by atomic mass is 9.89. The van der Waals surface area contributed by atoms with E-state index in [0.29, 0.717) is 30.2 Å². The Morgan fingerprint density at radius 2 is 1.84 bits per heavy atom. The maximum Gasteiger partial charge on any atom is 0.332 e. The SMILES string of the molecule is CC=CCN1N=C(C(C)(C)C)Cn2c1nc1c2c(=O)n(C)c(=O)n1C. The third-order valence-corrected chi connectivity index (χ3v) is 4.49. The summed E-state index contributed by atoms with van der Waals surface area (Å²) in [7, 11) is 3.12. The molecular formula is C17H24N6O2. The van der Waals surface area contributed by atoms with Crippen molar-refractivity contribution in [3.8, 4) is 0 Å². The highest BCUT2D eigenvalue weighted by Gasteiger charge is 2.31. The molecule has 0 atom stereocenters. The van der Waals surface area contributed by atoms with E-state index in [2.05, 4.69) is 25.8 Å². The normalized spacial score (nSPS) is 15.1. The minimum atomic E-state index is -0.384. The van der Waals surface area contributed by atoms with E-state index in [1.165, 1.54) is 11.6 Å². The fraction of sp³-hybridized carbons (Fsp3) is 0.529. The van der Waals surface area contributed by atoms with Crippen molar-refractivity contribution < 1.29 is 0 Å². The zero-order chi connectivity index (χ0) is 18.5. The third-order valence-electron chi connectivity index (χ3n) is 4.49. The Morgan fingerprint density at radius 3 is 2.44 bits per heavy atom. The van der Waals surface area contributed by atoms with Gasteiger partial charge in [0.15, 0.2) is 11.2 Å². The second kappa shape index (κ2) is 5.72. The second-order valence-electron chi connectivity index (χ2n) is 7.32. The number of anilines is 1. The Morgan fingerprint density at radius 1 is 1.16 bits per heavy atom. The van der Waals surface area contributed by atoms with E-state index in [-0.39, 0.29) is 16.7 Å². The average Bonchev–Trinajstić information content (AvgIpc) is 2.94. The van der Waals surface area contributed by atoms with Gasteiger partial charge in [-0.05, 0) is 6.92 Å². The van der Waals surface area contributed by atoms with Crippen molar-refractivity contribution in [3.05, 3.63) is 33.0 Å². The molecule has 25 heavy (non-hydrogen) atoms. The van der Waals surface area contributed by atoms with Crippen LogP contribution in [-0.2, 0) is 20.6 Å². The first-order chi connectivity index (χ1) is 11.7. The van der Waals surface area contributed by atoms with E-state index in [0.717, 1.165) is 10.3 Å². The predicted molar refractivity (Wildman–Crippen MR) is 99.3 cm³/mol. The molecule has 1 aliphatic heterocycles. The van der Waals surface area contributed by atoms with Gasteiger partial charge in [0.2, 0.25) is 5.95 Å². The number of imidazole rings is 1. The Hall–Kier alpha value is -2.64. The molecule has 3 heterocycles. The molecule has 0 N–H and O–H groups in total. The van der Waals surface area contributed by atoms with Crippen molar-refractivity contribution in [1.29, 1.82) is 0 Å². The van der Waals surface area contributed by atoms with Crippen molar-refractivity contribution in [2.75, 3.05) is 11.6 Å². The number of hydrazone groups is 1. The molecule has 0 saturated carbocycles. The molecule has 0 unspecified atom stereocenters. The number of hydrogen-bond acceptors (Lipinski definition) is 5. The summed E-state index contributed by atoms with van der Waals surface area (Å²) in [6.45, 7) is 9.26. The first-order valence-electron chi connectivity index (χ1n) is 8.29. The Bertz CT molecular complexity index is 1010. The van der Waals surface area contributed by atoms with Gasteiger partial charge in [-0.15, -0.1) is 0 Å². The van der Waals surface area contributed by atoms with Crippen LogP contribution in [0.3, 0.4) is 0 Å². The number of hydrogen-bond donors (Lipinski definition) is 0. The van der Waals surface area contributed by atoms with Crippen LogP contribution < -0.4 is 16.3 Å². The van der Waals surface area contributed by atoms with Crippen molar-refractivity contribution in [2.24, 2.45) is 24.6 Å². The minimum absolute atomic E-state index is 0.144. The maximum atomic E-state index is 12.7. The molecule has 134 valence electrons. The van der Waals surface area contributed by atoms with Crippen LogP contribution in [0.4, 0.5) is 5.95 Å². The molecule has 0 amide bonds. The van der Waals surface area contributed by atoms with Crippen molar-refractivity contribution in [1.82, 2.24) is 18.7 Å². The predicted octanol–water partition coefficient (Wildman–Crippen LogP) is 1.23. The number of aromatic nitrogens is 4. The summed E-state index contributed by atoms with van der Waals surface area (Å²) in [6.07, 6.45) is 3.93. The number of fused-ring (bicyclic) bond motifs is 3. The van der Waals surface area contributed by atoms with Gasteiger partial charge in [-0.2, -0.15) is 10.1 Å². The summed E-state index contributed by atoms with van der Waals surface area (Å²) in [4.78, 5) is 29.5. The van der Waals surface area contributed by atoms with Gasteiger partial charge in [0.25, 0.3) is 5.56 Å². The molecule has 0 aromatic carbocycles. The van der Waals surface area contributed by atoms with E-state index < -0.39 is 0 Å². The fourth-order valence-corrected chi connectivity index (χ4v) is 2.87. The monoisotopic (exact) mass is 344 g/mol. The quantitative estimate of drug-likeness (QED) is 0.768. The molecule has 1 aliphatic rings. The van der Waals surface area contributed by atoms with E-state index in [1.54, 1.807) is 12.1 Å². The van der Waals surface area contributed by atoms with Gasteiger partial charge in [0.1, 0.15) is 0 Å². The minimum Gasteiger partial charge on any atom is -0.297 e. The molecule has 8 nitrogen and oxygen atoms in total. The van der Waals surface area contributed by atoms with Crippen LogP contribution in [-0.4, -0.2) is 30.9 Å². The number of rotatable bonds is 2. The fourth-order valence-electron chi connectivity index (χ4n) is 2.87. The zero-order valence-electron chi connectivity index (χ0n) is 15.6. The molecule has 3 rings (SSSR count). The number of allylic oxidation sites excluding steroid dienone is 1. The molecule has 0 saturated heterocycles. The van der Waals surface area contributed by atoms with Crippen molar-refractivity contribution in [3.63, 3.8) is 0 Å². The Balaban J connectivity index is 2.34. The van der Waals surface area contributed by atoms with Gasteiger partial charge in [0, 0.05) is 19.5 Å². The Labute approximate surface area is 145 Å². The molecular weight excluding hydrogens is 320 g/mol. The molecule has 2 aromatic rings. The van der Waals surface area contributed by atoms with Gasteiger partial charge in [-0.1, -0.05) is 32.9 Å². The maximum absolute atomic E-state index is 12.7. The van der Waals surface area contributed by atoms with Gasteiger partial charge in [0.05, 0.1) is 18.8 Å². The van der Waals surface area contributed by atoms with Gasteiger partial charge >= 0.3 is 5.69 Å². The summed E-state index contributed by atoms with van der Waals surface area (Å²) < 4.78 is 4.40. The molecule has 0 radical (unpaired) electrons. The lowest BCUT2D eigenvalue weighted by molar-refractivity contribution is 0.552. The van der Waals surface area contributed by atoms with Gasteiger partial charge in [-0.3, -0.25) is 18.5 Å². The highest BCUT2D eigenvalue weighted by molar-refractivity contribution is 5.93. The second-order valence-corrected chi connectivity index (χ2v) is 7.32. The van der Waals surface area contributed by atoms with Crippen LogP contribution in [0.1, 0.15) is 27.7 Å². The van der Waals surface area contributed by atoms with Crippen molar-refractivity contribution in [2.45, 2.75) is 34.2 Å². The summed E-state index contributed by atoms with van der Waals surface area (Å²) in [5, 5.41) is 6.54. The molecule has 2 aromatic heterocycles. The van der Waals surface area contributed by atoms with Crippen molar-refractivity contribution >= 4 is 22.8 Å². The first-order valence-corrected chi connectivity index (χ1v) is 8.29. The topological polar surface area (TPSA) is 77.4 Å². The number of aryl methyl sites for hydroxylation is 1. The van der Waals surface area contributed by atoms with E-state index in [1.807, 2.05) is 23.6 Å². The summed E-state index contributed by atoms with van der Waals surface area (Å²) in [6, 6.07) is 0. The van der Waals surface area contributed by atoms with Crippen LogP contribution in [0.2, 0.25) is 0 Å². The standard InChI is InChI=1S/C17H24N6O2/c1-7-8-9-23-15-18-13-12(14(24)21(6)16(25)20(13)5)22(15)10-11(19-23)17(2,3)4/h7-8H,9-10H2,1-6H3. The largest absolute Gasteiger partial charge is 0.332 e. The third kappa shape index (κ3) is 2.61. The van der Waals surface area contributed by atoms with E-state index in [4.69, 9.17) is 5.10 Å². The van der Waals surface area contributed by atoms with Crippen LogP contribution in [0.15, 0.2) is 26.8 Å². The average molecular weight is 344 g/mol. The van der Waals surface area contributed by atoms with E-state index in [9.17, 15) is 9.59 Å². The lowest BCUT2D eigenvalue weighted by Crippen LogP contribution is -2.39. The van der Waals surface area contributed by atoms with Crippen LogP contribution in [0.25, 0.3) is 11.2 Å².